The Morgan fingerprint density at radius 2 is 2.11 bits per heavy atom. The maximum absolute atomic E-state index is 14.3. The van der Waals surface area contributed by atoms with Crippen LogP contribution in [-0.2, 0) is 15.7 Å². The van der Waals surface area contributed by atoms with Crippen molar-refractivity contribution in [2.45, 2.75) is 24.8 Å². The van der Waals surface area contributed by atoms with Gasteiger partial charge in [-0.25, -0.2) is 9.18 Å². The van der Waals surface area contributed by atoms with E-state index in [-0.39, 0.29) is 22.8 Å². The molecule has 1 fully saturated rings. The van der Waals surface area contributed by atoms with Crippen molar-refractivity contribution in [2.24, 2.45) is 5.92 Å². The number of piperidine rings is 1. The number of esters is 1. The van der Waals surface area contributed by atoms with Crippen LogP contribution in [-0.4, -0.2) is 36.8 Å². The fraction of sp³-hybridized carbons (Fsp3) is 0.444. The Hall–Kier alpha value is -2.07. The van der Waals surface area contributed by atoms with E-state index in [9.17, 15) is 27.2 Å². The molecule has 0 radical (unpaired) electrons. The van der Waals surface area contributed by atoms with E-state index in [1.54, 1.807) is 6.92 Å². The fourth-order valence-electron chi connectivity index (χ4n) is 3.31. The van der Waals surface area contributed by atoms with Crippen LogP contribution in [0.4, 0.5) is 17.6 Å². The van der Waals surface area contributed by atoms with E-state index in [0.29, 0.717) is 31.1 Å². The molecule has 1 aromatic rings. The van der Waals surface area contributed by atoms with Crippen LogP contribution in [0.2, 0.25) is 0 Å². The highest BCUT2D eigenvalue weighted by Gasteiger charge is 2.42. The third-order valence-electron chi connectivity index (χ3n) is 4.58. The van der Waals surface area contributed by atoms with Crippen LogP contribution < -0.4 is 10.6 Å². The van der Waals surface area contributed by atoms with E-state index in [0.717, 1.165) is 12.1 Å². The van der Waals surface area contributed by atoms with Gasteiger partial charge in [0.2, 0.25) is 0 Å². The lowest BCUT2D eigenvalue weighted by atomic mass is 9.90. The Balaban J connectivity index is 1.91. The summed E-state index contributed by atoms with van der Waals surface area (Å²) < 4.78 is 58.0. The molecule has 0 saturated carbocycles. The molecule has 10 heteroatoms. The van der Waals surface area contributed by atoms with Gasteiger partial charge in [0.05, 0.1) is 28.3 Å². The first-order chi connectivity index (χ1) is 13.2. The molecule has 2 unspecified atom stereocenters. The van der Waals surface area contributed by atoms with Gasteiger partial charge >= 0.3 is 12.1 Å². The van der Waals surface area contributed by atoms with Crippen LogP contribution in [0.25, 0.3) is 0 Å². The molecular formula is C18H18F4N2O3S. The second-order valence-corrected chi connectivity index (χ2v) is 7.59. The van der Waals surface area contributed by atoms with Crippen molar-refractivity contribution < 1.29 is 31.9 Å². The average molecular weight is 418 g/mol. The van der Waals surface area contributed by atoms with E-state index < -0.39 is 35.0 Å². The number of nitrogens with one attached hydrogen (secondary N) is 2. The lowest BCUT2D eigenvalue weighted by Gasteiger charge is -2.26. The molecule has 2 heterocycles. The van der Waals surface area contributed by atoms with E-state index in [1.165, 1.54) is 11.8 Å². The summed E-state index contributed by atoms with van der Waals surface area (Å²) in [7, 11) is 0. The molecule has 5 nitrogen and oxygen atoms in total. The summed E-state index contributed by atoms with van der Waals surface area (Å²) in [6.45, 7) is 3.09. The van der Waals surface area contributed by atoms with Gasteiger partial charge in [-0.1, -0.05) is 6.07 Å². The average Bonchev–Trinajstić information content (AvgIpc) is 2.98. The molecule has 2 aliphatic heterocycles. The molecule has 1 saturated heterocycles. The van der Waals surface area contributed by atoms with E-state index in [4.69, 9.17) is 4.74 Å². The summed E-state index contributed by atoms with van der Waals surface area (Å²) in [4.78, 5) is 24.9. The predicted octanol–water partition coefficient (Wildman–Crippen LogP) is 3.07. The van der Waals surface area contributed by atoms with Crippen molar-refractivity contribution in [2.75, 3.05) is 19.7 Å². The van der Waals surface area contributed by atoms with Gasteiger partial charge in [0.15, 0.2) is 0 Å². The summed E-state index contributed by atoms with van der Waals surface area (Å²) in [6, 6.07) is 2.51. The van der Waals surface area contributed by atoms with Crippen molar-refractivity contribution in [3.05, 3.63) is 45.7 Å². The van der Waals surface area contributed by atoms with Gasteiger partial charge in [0.1, 0.15) is 5.82 Å². The number of alkyl halides is 3. The van der Waals surface area contributed by atoms with Crippen LogP contribution >= 0.6 is 11.8 Å². The third kappa shape index (κ3) is 4.02. The number of amides is 1. The summed E-state index contributed by atoms with van der Waals surface area (Å²) in [5, 5.41) is 5.81. The summed E-state index contributed by atoms with van der Waals surface area (Å²) in [5.41, 5.74) is -1.96. The predicted molar refractivity (Wildman–Crippen MR) is 94.9 cm³/mol. The molecule has 1 amide bonds. The lowest BCUT2D eigenvalue weighted by molar-refractivity contribution is -0.140. The Labute approximate surface area is 162 Å². The van der Waals surface area contributed by atoms with Gasteiger partial charge in [-0.05, 0) is 32.0 Å². The first kappa shape index (κ1) is 20.7. The monoisotopic (exact) mass is 418 g/mol. The van der Waals surface area contributed by atoms with Crippen LogP contribution in [0.1, 0.15) is 29.3 Å². The zero-order chi connectivity index (χ0) is 20.5. The summed E-state index contributed by atoms with van der Waals surface area (Å²) >= 11 is 1.24. The number of hydrogen-bond donors (Lipinski definition) is 2. The number of rotatable bonds is 4. The second kappa shape index (κ2) is 8.12. The SMILES string of the molecule is CCOC(=O)C1=C(NC(=O)c2cccc(C(F)(F)F)c2F)SC2CNCCC12. The number of halogens is 4. The molecule has 1 aromatic carbocycles. The number of carbonyl (C=O) groups excluding carboxylic acids is 2. The van der Waals surface area contributed by atoms with Crippen LogP contribution in [0.15, 0.2) is 28.8 Å². The number of ether oxygens (including phenoxy) is 1. The molecule has 2 atom stereocenters. The minimum Gasteiger partial charge on any atom is -0.463 e. The molecule has 152 valence electrons. The minimum atomic E-state index is -4.92. The largest absolute Gasteiger partial charge is 0.463 e. The Bertz CT molecular complexity index is 826. The zero-order valence-corrected chi connectivity index (χ0v) is 15.7. The normalized spacial score (nSPS) is 22.0. The van der Waals surface area contributed by atoms with E-state index in [2.05, 4.69) is 10.6 Å². The van der Waals surface area contributed by atoms with E-state index in [1.807, 2.05) is 0 Å². The fourth-order valence-corrected chi connectivity index (χ4v) is 4.77. The number of carbonyl (C=O) groups is 2. The summed E-state index contributed by atoms with van der Waals surface area (Å²) in [5.74, 6) is -3.41. The highest BCUT2D eigenvalue weighted by molar-refractivity contribution is 8.04. The van der Waals surface area contributed by atoms with Gasteiger partial charge in [-0.3, -0.25) is 4.79 Å². The number of hydrogen-bond acceptors (Lipinski definition) is 5. The Morgan fingerprint density at radius 1 is 1.36 bits per heavy atom. The van der Waals surface area contributed by atoms with Crippen LogP contribution in [0, 0.1) is 11.7 Å². The van der Waals surface area contributed by atoms with Crippen molar-refractivity contribution in [1.82, 2.24) is 10.6 Å². The van der Waals surface area contributed by atoms with Gasteiger partial charge in [0.25, 0.3) is 5.91 Å². The Kier molecular flexibility index (Phi) is 5.99. The highest BCUT2D eigenvalue weighted by atomic mass is 32.2. The molecule has 0 aliphatic carbocycles. The number of fused-ring (bicyclic) bond motifs is 1. The number of benzene rings is 1. The van der Waals surface area contributed by atoms with Gasteiger partial charge in [0, 0.05) is 17.7 Å². The topological polar surface area (TPSA) is 67.4 Å². The van der Waals surface area contributed by atoms with Crippen LogP contribution in [0.3, 0.4) is 0 Å². The minimum absolute atomic E-state index is 0.0187. The maximum Gasteiger partial charge on any atom is 0.419 e. The van der Waals surface area contributed by atoms with Gasteiger partial charge in [-0.15, -0.1) is 11.8 Å². The third-order valence-corrected chi connectivity index (χ3v) is 5.94. The van der Waals surface area contributed by atoms with Gasteiger partial charge < -0.3 is 15.4 Å². The second-order valence-electron chi connectivity index (χ2n) is 6.34. The first-order valence-corrected chi connectivity index (χ1v) is 9.57. The maximum atomic E-state index is 14.3. The van der Waals surface area contributed by atoms with E-state index >= 15 is 0 Å². The van der Waals surface area contributed by atoms with Gasteiger partial charge in [-0.2, -0.15) is 13.2 Å². The highest BCUT2D eigenvalue weighted by Crippen LogP contribution is 2.44. The standard InChI is InChI=1S/C18H18F4N2O3S/c1-2-27-17(26)13-9-6-7-23-8-12(9)28-16(13)24-15(25)10-4-3-5-11(14(10)19)18(20,21)22/h3-5,9,12,23H,2,6-8H2,1H3,(H,24,25). The van der Waals surface area contributed by atoms with Crippen molar-refractivity contribution in [3.8, 4) is 0 Å². The molecular weight excluding hydrogens is 400 g/mol. The van der Waals surface area contributed by atoms with Crippen molar-refractivity contribution in [1.29, 1.82) is 0 Å². The zero-order valence-electron chi connectivity index (χ0n) is 14.9. The molecule has 2 aliphatic rings. The quantitative estimate of drug-likeness (QED) is 0.581. The number of thioether (sulfide) groups is 1. The molecule has 0 bridgehead atoms. The van der Waals surface area contributed by atoms with Crippen LogP contribution in [0.5, 0.6) is 0 Å². The molecule has 0 spiro atoms. The van der Waals surface area contributed by atoms with Crippen molar-refractivity contribution >= 4 is 23.6 Å². The molecule has 0 aromatic heterocycles. The first-order valence-electron chi connectivity index (χ1n) is 8.69. The molecule has 28 heavy (non-hydrogen) atoms. The Morgan fingerprint density at radius 3 is 2.79 bits per heavy atom. The molecule has 2 N–H and O–H groups in total. The lowest BCUT2D eigenvalue weighted by Crippen LogP contribution is -2.38. The van der Waals surface area contributed by atoms with Crippen molar-refractivity contribution in [3.63, 3.8) is 0 Å². The summed E-state index contributed by atoms with van der Waals surface area (Å²) in [6.07, 6.45) is -4.26. The smallest absolute Gasteiger partial charge is 0.419 e. The molecule has 3 rings (SSSR count).